The maximum absolute atomic E-state index is 12.2. The Morgan fingerprint density at radius 1 is 1.43 bits per heavy atom. The van der Waals surface area contributed by atoms with Gasteiger partial charge in [0.15, 0.2) is 0 Å². The number of anilines is 1. The first-order valence-corrected chi connectivity index (χ1v) is 8.51. The molecular weight excluding hydrogens is 360 g/mol. The lowest BCUT2D eigenvalue weighted by Crippen LogP contribution is -2.28. The maximum atomic E-state index is 12.2. The summed E-state index contributed by atoms with van der Waals surface area (Å²) in [6, 6.07) is 2.87. The van der Waals surface area contributed by atoms with Gasteiger partial charge in [-0.05, 0) is 34.5 Å². The SMILES string of the molecule is C=CCCOCCNS(=O)(=O)c1cc(N)c(Br)cc1OC. The molecule has 0 aromatic heterocycles. The van der Waals surface area contributed by atoms with Gasteiger partial charge in [-0.15, -0.1) is 6.58 Å². The van der Waals surface area contributed by atoms with Crippen LogP contribution in [0.5, 0.6) is 5.75 Å². The summed E-state index contributed by atoms with van der Waals surface area (Å²) in [6.45, 7) is 4.53. The van der Waals surface area contributed by atoms with Crippen LogP contribution in [0.4, 0.5) is 5.69 Å². The molecule has 0 heterocycles. The molecule has 0 saturated heterocycles. The monoisotopic (exact) mass is 378 g/mol. The van der Waals surface area contributed by atoms with Crippen LogP contribution in [-0.4, -0.2) is 35.3 Å². The summed E-state index contributed by atoms with van der Waals surface area (Å²) in [4.78, 5) is -0.00297. The van der Waals surface area contributed by atoms with Crippen molar-refractivity contribution in [2.45, 2.75) is 11.3 Å². The van der Waals surface area contributed by atoms with Crippen LogP contribution >= 0.6 is 15.9 Å². The summed E-state index contributed by atoms with van der Waals surface area (Å²) in [7, 11) is -2.31. The maximum Gasteiger partial charge on any atom is 0.244 e. The van der Waals surface area contributed by atoms with E-state index in [9.17, 15) is 8.42 Å². The fourth-order valence-corrected chi connectivity index (χ4v) is 3.03. The van der Waals surface area contributed by atoms with Gasteiger partial charge < -0.3 is 15.2 Å². The van der Waals surface area contributed by atoms with E-state index in [1.807, 2.05) is 0 Å². The lowest BCUT2D eigenvalue weighted by atomic mass is 10.3. The molecule has 0 aliphatic heterocycles. The van der Waals surface area contributed by atoms with Crippen molar-refractivity contribution in [1.29, 1.82) is 0 Å². The van der Waals surface area contributed by atoms with E-state index in [4.69, 9.17) is 15.2 Å². The predicted molar refractivity (Wildman–Crippen MR) is 85.9 cm³/mol. The normalized spacial score (nSPS) is 11.3. The van der Waals surface area contributed by atoms with Gasteiger partial charge in [0.2, 0.25) is 10.0 Å². The van der Waals surface area contributed by atoms with Crippen molar-refractivity contribution in [2.24, 2.45) is 0 Å². The Balaban J connectivity index is 2.74. The molecule has 21 heavy (non-hydrogen) atoms. The molecule has 3 N–H and O–H groups in total. The fraction of sp³-hybridized carbons (Fsp3) is 0.385. The molecule has 0 atom stereocenters. The molecule has 8 heteroatoms. The summed E-state index contributed by atoms with van der Waals surface area (Å²) in [5.74, 6) is 0.219. The van der Waals surface area contributed by atoms with Crippen molar-refractivity contribution >= 4 is 31.6 Å². The number of methoxy groups -OCH3 is 1. The highest BCUT2D eigenvalue weighted by Gasteiger charge is 2.20. The summed E-state index contributed by atoms with van der Waals surface area (Å²) >= 11 is 3.23. The Bertz CT molecular complexity index is 590. The molecular formula is C13H19BrN2O4S. The highest BCUT2D eigenvalue weighted by molar-refractivity contribution is 9.10. The Morgan fingerprint density at radius 2 is 2.14 bits per heavy atom. The molecule has 6 nitrogen and oxygen atoms in total. The van der Waals surface area contributed by atoms with Crippen LogP contribution in [0.1, 0.15) is 6.42 Å². The van der Waals surface area contributed by atoms with Crippen LogP contribution < -0.4 is 15.2 Å². The molecule has 0 unspecified atom stereocenters. The number of hydrogen-bond donors (Lipinski definition) is 2. The third-order valence-corrected chi connectivity index (χ3v) is 4.75. The molecule has 0 fully saturated rings. The van der Waals surface area contributed by atoms with Gasteiger partial charge in [-0.2, -0.15) is 0 Å². The zero-order valence-electron chi connectivity index (χ0n) is 11.8. The molecule has 0 aliphatic carbocycles. The molecule has 1 aromatic carbocycles. The highest BCUT2D eigenvalue weighted by atomic mass is 79.9. The molecule has 0 aliphatic rings. The third kappa shape index (κ3) is 5.31. The second-order valence-electron chi connectivity index (χ2n) is 4.11. The Labute approximate surface area is 133 Å². The van der Waals surface area contributed by atoms with E-state index in [2.05, 4.69) is 27.2 Å². The van der Waals surface area contributed by atoms with Gasteiger partial charge in [-0.25, -0.2) is 13.1 Å². The number of rotatable bonds is 9. The number of nitrogen functional groups attached to an aromatic ring is 1. The number of ether oxygens (including phenoxy) is 2. The molecule has 1 aromatic rings. The average molecular weight is 379 g/mol. The first-order valence-electron chi connectivity index (χ1n) is 6.23. The second-order valence-corrected chi connectivity index (χ2v) is 6.70. The topological polar surface area (TPSA) is 90.7 Å². The number of benzene rings is 1. The molecule has 0 saturated carbocycles. The molecule has 1 rings (SSSR count). The van der Waals surface area contributed by atoms with E-state index >= 15 is 0 Å². The van der Waals surface area contributed by atoms with E-state index < -0.39 is 10.0 Å². The first kappa shape index (κ1) is 18.0. The van der Waals surface area contributed by atoms with Gasteiger partial charge in [0.25, 0.3) is 0 Å². The molecule has 118 valence electrons. The van der Waals surface area contributed by atoms with E-state index in [1.54, 1.807) is 6.08 Å². The lowest BCUT2D eigenvalue weighted by molar-refractivity contribution is 0.144. The Hall–Kier alpha value is -1.09. The van der Waals surface area contributed by atoms with Crippen molar-refractivity contribution < 1.29 is 17.9 Å². The summed E-state index contributed by atoms with van der Waals surface area (Å²) in [5.41, 5.74) is 6.04. The summed E-state index contributed by atoms with van der Waals surface area (Å²) in [5, 5.41) is 0. The number of halogens is 1. The minimum Gasteiger partial charge on any atom is -0.495 e. The second kappa shape index (κ2) is 8.38. The zero-order valence-corrected chi connectivity index (χ0v) is 14.2. The van der Waals surface area contributed by atoms with Crippen molar-refractivity contribution in [1.82, 2.24) is 4.72 Å². The largest absolute Gasteiger partial charge is 0.495 e. The van der Waals surface area contributed by atoms with Crippen molar-refractivity contribution in [3.05, 3.63) is 29.3 Å². The van der Waals surface area contributed by atoms with Crippen LogP contribution in [0.25, 0.3) is 0 Å². The molecule has 0 spiro atoms. The predicted octanol–water partition coefficient (Wildman–Crippen LogP) is 1.91. The summed E-state index contributed by atoms with van der Waals surface area (Å²) in [6.07, 6.45) is 2.46. The van der Waals surface area contributed by atoms with Gasteiger partial charge in [0, 0.05) is 16.7 Å². The quantitative estimate of drug-likeness (QED) is 0.389. The van der Waals surface area contributed by atoms with Crippen LogP contribution in [0.2, 0.25) is 0 Å². The first-order chi connectivity index (χ1) is 9.92. The van der Waals surface area contributed by atoms with Crippen molar-refractivity contribution in [3.63, 3.8) is 0 Å². The average Bonchev–Trinajstić information content (AvgIpc) is 2.45. The molecule has 0 amide bonds. The minimum absolute atomic E-state index is 0.00297. The Morgan fingerprint density at radius 3 is 2.76 bits per heavy atom. The van der Waals surface area contributed by atoms with E-state index in [1.165, 1.54) is 19.2 Å². The number of nitrogens with one attached hydrogen (secondary N) is 1. The van der Waals surface area contributed by atoms with Gasteiger partial charge in [0.1, 0.15) is 10.6 Å². The number of hydrogen-bond acceptors (Lipinski definition) is 5. The fourth-order valence-electron chi connectivity index (χ4n) is 1.52. The molecule has 0 radical (unpaired) electrons. The zero-order chi connectivity index (χ0) is 15.9. The van der Waals surface area contributed by atoms with Crippen molar-refractivity contribution in [3.8, 4) is 5.75 Å². The van der Waals surface area contributed by atoms with Crippen LogP contribution in [0.15, 0.2) is 34.2 Å². The third-order valence-electron chi connectivity index (χ3n) is 2.58. The van der Waals surface area contributed by atoms with E-state index in [-0.39, 0.29) is 23.8 Å². The van der Waals surface area contributed by atoms with E-state index in [0.29, 0.717) is 16.8 Å². The highest BCUT2D eigenvalue weighted by Crippen LogP contribution is 2.32. The van der Waals surface area contributed by atoms with Crippen LogP contribution in [-0.2, 0) is 14.8 Å². The standard InChI is InChI=1S/C13H19BrN2O4S/c1-3-4-6-20-7-5-16-21(17,18)13-9-11(15)10(14)8-12(13)19-2/h3,8-9,16H,1,4-7,15H2,2H3. The molecule has 0 bridgehead atoms. The number of sulfonamides is 1. The van der Waals surface area contributed by atoms with Crippen molar-refractivity contribution in [2.75, 3.05) is 32.6 Å². The van der Waals surface area contributed by atoms with Crippen LogP contribution in [0, 0.1) is 0 Å². The van der Waals surface area contributed by atoms with Crippen LogP contribution in [0.3, 0.4) is 0 Å². The minimum atomic E-state index is -3.71. The van der Waals surface area contributed by atoms with Gasteiger partial charge in [-0.1, -0.05) is 6.08 Å². The smallest absolute Gasteiger partial charge is 0.244 e. The Kier molecular flexibility index (Phi) is 7.16. The van der Waals surface area contributed by atoms with E-state index in [0.717, 1.165) is 6.42 Å². The number of nitrogens with two attached hydrogens (primary N) is 1. The van der Waals surface area contributed by atoms with Gasteiger partial charge in [-0.3, -0.25) is 0 Å². The summed E-state index contributed by atoms with van der Waals surface area (Å²) < 4.78 is 37.8. The lowest BCUT2D eigenvalue weighted by Gasteiger charge is -2.12. The van der Waals surface area contributed by atoms with Gasteiger partial charge in [0.05, 0.1) is 20.3 Å². The van der Waals surface area contributed by atoms with Gasteiger partial charge >= 0.3 is 0 Å².